The zero-order valence-electron chi connectivity index (χ0n) is 20.7. The first kappa shape index (κ1) is 23.2. The molecule has 37 heavy (non-hydrogen) atoms. The predicted octanol–water partition coefficient (Wildman–Crippen LogP) is 5.46. The Balaban J connectivity index is 1.30. The molecule has 0 saturated heterocycles. The maximum Gasteiger partial charge on any atom is 0.275 e. The van der Waals surface area contributed by atoms with Crippen LogP contribution in [0.5, 0.6) is 5.75 Å². The molecule has 0 spiro atoms. The Morgan fingerprint density at radius 3 is 2.73 bits per heavy atom. The first-order valence-corrected chi connectivity index (χ1v) is 12.8. The van der Waals surface area contributed by atoms with Crippen molar-refractivity contribution in [3.8, 4) is 5.75 Å². The normalized spacial score (nSPS) is 18.9. The lowest BCUT2D eigenvalue weighted by Crippen LogP contribution is -2.42. The number of hydrogen-bond acceptors (Lipinski definition) is 5. The van der Waals surface area contributed by atoms with Gasteiger partial charge in [-0.05, 0) is 67.1 Å². The molecule has 2 aliphatic rings. The molecule has 0 radical (unpaired) electrons. The van der Waals surface area contributed by atoms with Crippen LogP contribution in [0.4, 0.5) is 5.69 Å². The van der Waals surface area contributed by atoms with Crippen molar-refractivity contribution in [2.75, 3.05) is 5.32 Å². The van der Waals surface area contributed by atoms with Crippen molar-refractivity contribution in [1.82, 2.24) is 14.9 Å². The van der Waals surface area contributed by atoms with Gasteiger partial charge in [-0.2, -0.15) is 0 Å². The van der Waals surface area contributed by atoms with Gasteiger partial charge >= 0.3 is 0 Å². The summed E-state index contributed by atoms with van der Waals surface area (Å²) in [5.41, 5.74) is 5.66. The molecular formula is C30H28N4O3. The number of ether oxygens (including phenoxy) is 1. The number of anilines is 1. The lowest BCUT2D eigenvalue weighted by Gasteiger charge is -2.36. The van der Waals surface area contributed by atoms with Crippen LogP contribution >= 0.6 is 0 Å². The van der Waals surface area contributed by atoms with Crippen LogP contribution in [0.2, 0.25) is 0 Å². The SMILES string of the molecule is CCC1Oc2ccc(NC(=O)c3cnc4ccccc4n3)cc2CN(C2CCCc3ccccc32)C1=O. The molecule has 2 unspecified atom stereocenters. The fourth-order valence-corrected chi connectivity index (χ4v) is 5.38. The summed E-state index contributed by atoms with van der Waals surface area (Å²) in [6.45, 7) is 2.39. The number of carbonyl (C=O) groups excluding carboxylic acids is 2. The van der Waals surface area contributed by atoms with E-state index in [1.807, 2.05) is 54.3 Å². The minimum Gasteiger partial charge on any atom is -0.480 e. The summed E-state index contributed by atoms with van der Waals surface area (Å²) in [6.07, 6.45) is 4.53. The fourth-order valence-electron chi connectivity index (χ4n) is 5.38. The summed E-state index contributed by atoms with van der Waals surface area (Å²) in [5, 5.41) is 2.94. The summed E-state index contributed by atoms with van der Waals surface area (Å²) in [4.78, 5) is 37.4. The van der Waals surface area contributed by atoms with Gasteiger partial charge < -0.3 is 15.0 Å². The number of fused-ring (bicyclic) bond motifs is 3. The van der Waals surface area contributed by atoms with Gasteiger partial charge in [0, 0.05) is 11.3 Å². The number of aromatic nitrogens is 2. The first-order valence-electron chi connectivity index (χ1n) is 12.8. The summed E-state index contributed by atoms with van der Waals surface area (Å²) >= 11 is 0. The second-order valence-corrected chi connectivity index (χ2v) is 9.61. The van der Waals surface area contributed by atoms with Crippen molar-refractivity contribution in [1.29, 1.82) is 0 Å². The highest BCUT2D eigenvalue weighted by atomic mass is 16.5. The van der Waals surface area contributed by atoms with E-state index in [9.17, 15) is 9.59 Å². The van der Waals surface area contributed by atoms with Crippen molar-refractivity contribution in [2.24, 2.45) is 0 Å². The largest absolute Gasteiger partial charge is 0.480 e. The van der Waals surface area contributed by atoms with Gasteiger partial charge in [-0.15, -0.1) is 0 Å². The highest BCUT2D eigenvalue weighted by Gasteiger charge is 2.36. The minimum atomic E-state index is -0.538. The molecule has 1 aromatic heterocycles. The molecule has 7 heteroatoms. The van der Waals surface area contributed by atoms with Gasteiger partial charge in [-0.3, -0.25) is 14.6 Å². The number of nitrogens with one attached hydrogen (secondary N) is 1. The second kappa shape index (κ2) is 9.65. The molecule has 0 fully saturated rings. The standard InChI is InChI=1S/C30H28N4O3/c1-2-27-30(36)34(26-13-7-9-19-8-3-4-10-22(19)26)18-20-16-21(14-15-28(20)37-27)32-29(35)25-17-31-23-11-5-6-12-24(23)33-25/h3-6,8,10-12,14-17,26-27H,2,7,9,13,18H2,1H3,(H,32,35). The fraction of sp³-hybridized carbons (Fsp3) is 0.267. The number of aryl methyl sites for hydroxylation is 1. The van der Waals surface area contributed by atoms with Gasteiger partial charge in [-0.25, -0.2) is 4.98 Å². The van der Waals surface area contributed by atoms with E-state index in [1.54, 1.807) is 6.07 Å². The number of rotatable bonds is 4. The van der Waals surface area contributed by atoms with E-state index in [0.717, 1.165) is 30.3 Å². The van der Waals surface area contributed by atoms with Gasteiger partial charge in [0.05, 0.1) is 29.8 Å². The summed E-state index contributed by atoms with van der Waals surface area (Å²) in [5.74, 6) is 0.348. The van der Waals surface area contributed by atoms with Crippen molar-refractivity contribution in [3.63, 3.8) is 0 Å². The molecule has 7 nitrogen and oxygen atoms in total. The van der Waals surface area contributed by atoms with E-state index in [2.05, 4.69) is 33.5 Å². The molecule has 0 saturated carbocycles. The smallest absolute Gasteiger partial charge is 0.275 e. The molecular weight excluding hydrogens is 464 g/mol. The Kier molecular flexibility index (Phi) is 6.04. The topological polar surface area (TPSA) is 84.4 Å². The molecule has 2 amide bonds. The molecule has 186 valence electrons. The van der Waals surface area contributed by atoms with Crippen LogP contribution in [0.15, 0.2) is 72.9 Å². The van der Waals surface area contributed by atoms with Crippen LogP contribution in [0, 0.1) is 0 Å². The van der Waals surface area contributed by atoms with Gasteiger partial charge in [0.25, 0.3) is 11.8 Å². The van der Waals surface area contributed by atoms with E-state index >= 15 is 0 Å². The molecule has 1 aliphatic carbocycles. The molecule has 1 N–H and O–H groups in total. The average Bonchev–Trinajstić information content (AvgIpc) is 3.08. The van der Waals surface area contributed by atoms with Gasteiger partial charge in [0.15, 0.2) is 6.10 Å². The van der Waals surface area contributed by atoms with Gasteiger partial charge in [0.1, 0.15) is 11.4 Å². The quantitative estimate of drug-likeness (QED) is 0.409. The Morgan fingerprint density at radius 2 is 1.86 bits per heavy atom. The second-order valence-electron chi connectivity index (χ2n) is 9.61. The van der Waals surface area contributed by atoms with Crippen molar-refractivity contribution < 1.29 is 14.3 Å². The third-order valence-electron chi connectivity index (χ3n) is 7.25. The molecule has 6 rings (SSSR count). The summed E-state index contributed by atoms with van der Waals surface area (Å²) in [6, 6.07) is 21.4. The van der Waals surface area contributed by atoms with Crippen LogP contribution in [-0.4, -0.2) is 32.8 Å². The minimum absolute atomic E-state index is 0.00664. The molecule has 2 heterocycles. The number of amides is 2. The van der Waals surface area contributed by atoms with E-state index in [1.165, 1.54) is 17.3 Å². The molecule has 0 bridgehead atoms. The number of hydrogen-bond donors (Lipinski definition) is 1. The van der Waals surface area contributed by atoms with Crippen molar-refractivity contribution in [3.05, 3.63) is 95.3 Å². The monoisotopic (exact) mass is 492 g/mol. The lowest BCUT2D eigenvalue weighted by atomic mass is 9.86. The molecule has 3 aromatic carbocycles. The van der Waals surface area contributed by atoms with Gasteiger partial charge in [0.2, 0.25) is 0 Å². The highest BCUT2D eigenvalue weighted by molar-refractivity contribution is 6.03. The van der Waals surface area contributed by atoms with Crippen molar-refractivity contribution >= 4 is 28.5 Å². The first-order chi connectivity index (χ1) is 18.1. The third kappa shape index (κ3) is 4.42. The van der Waals surface area contributed by atoms with Crippen LogP contribution in [0.25, 0.3) is 11.0 Å². The maximum atomic E-state index is 13.6. The Hall–Kier alpha value is -4.26. The summed E-state index contributed by atoms with van der Waals surface area (Å²) < 4.78 is 6.19. The van der Waals surface area contributed by atoms with Crippen molar-refractivity contribution in [2.45, 2.75) is 51.3 Å². The number of carbonyl (C=O) groups is 2. The molecule has 2 atom stereocenters. The van der Waals surface area contributed by atoms with E-state index in [4.69, 9.17) is 4.74 Å². The number of nitrogens with zero attached hydrogens (tertiary/aromatic N) is 3. The van der Waals surface area contributed by atoms with Gasteiger partial charge in [-0.1, -0.05) is 43.3 Å². The number of benzene rings is 3. The lowest BCUT2D eigenvalue weighted by molar-refractivity contribution is -0.141. The Bertz CT molecular complexity index is 1500. The summed E-state index contributed by atoms with van der Waals surface area (Å²) in [7, 11) is 0. The highest BCUT2D eigenvalue weighted by Crippen LogP contribution is 2.39. The molecule has 1 aliphatic heterocycles. The average molecular weight is 493 g/mol. The molecule has 4 aromatic rings. The maximum absolute atomic E-state index is 13.6. The zero-order valence-corrected chi connectivity index (χ0v) is 20.7. The van der Waals surface area contributed by atoms with E-state index in [0.29, 0.717) is 29.9 Å². The number of para-hydroxylation sites is 2. The van der Waals surface area contributed by atoms with Crippen LogP contribution in [0.1, 0.15) is 59.4 Å². The third-order valence-corrected chi connectivity index (χ3v) is 7.25. The van der Waals surface area contributed by atoms with Crippen LogP contribution < -0.4 is 10.1 Å². The zero-order chi connectivity index (χ0) is 25.4. The van der Waals surface area contributed by atoms with E-state index in [-0.39, 0.29) is 23.6 Å². The van der Waals surface area contributed by atoms with Crippen LogP contribution in [0.3, 0.4) is 0 Å². The van der Waals surface area contributed by atoms with E-state index < -0.39 is 6.10 Å². The Morgan fingerprint density at radius 1 is 1.05 bits per heavy atom. The Labute approximate surface area is 215 Å². The van der Waals surface area contributed by atoms with Crippen LogP contribution in [-0.2, 0) is 17.8 Å². The predicted molar refractivity (Wildman–Crippen MR) is 141 cm³/mol.